The number of hydrogen-bond acceptors (Lipinski definition) is 7. The highest BCUT2D eigenvalue weighted by atomic mass is 35.5. The predicted molar refractivity (Wildman–Crippen MR) is 154 cm³/mol. The fourth-order valence-corrected chi connectivity index (χ4v) is 5.60. The first-order valence-electron chi connectivity index (χ1n) is 12.9. The number of halogens is 1. The third-order valence-corrected chi connectivity index (χ3v) is 7.54. The maximum Gasteiger partial charge on any atom is 0.261 e. The van der Waals surface area contributed by atoms with E-state index in [4.69, 9.17) is 26.1 Å². The lowest BCUT2D eigenvalue weighted by Gasteiger charge is -2.35. The summed E-state index contributed by atoms with van der Waals surface area (Å²) in [6.45, 7) is 3.37. The highest BCUT2D eigenvalue weighted by Crippen LogP contribution is 2.37. The van der Waals surface area contributed by atoms with E-state index < -0.39 is 0 Å². The Labute approximate surface area is 230 Å². The molecule has 8 nitrogen and oxygen atoms in total. The SMILES string of the molecule is COc1cc2nc(Cl)nc(N3CCC(n4c(-c5ccccc5)nc5ccc(C)cc5c4=O)CC3)c2cc1OC. The van der Waals surface area contributed by atoms with Crippen LogP contribution in [0.4, 0.5) is 5.82 Å². The van der Waals surface area contributed by atoms with Crippen molar-refractivity contribution in [2.75, 3.05) is 32.2 Å². The summed E-state index contributed by atoms with van der Waals surface area (Å²) >= 11 is 6.34. The van der Waals surface area contributed by atoms with Crippen LogP contribution in [-0.2, 0) is 0 Å². The Balaban J connectivity index is 1.39. The summed E-state index contributed by atoms with van der Waals surface area (Å²) in [6.07, 6.45) is 1.49. The molecule has 1 saturated heterocycles. The fraction of sp³-hybridized carbons (Fsp3) is 0.267. The molecule has 0 radical (unpaired) electrons. The molecular formula is C30H28ClN5O3. The second-order valence-electron chi connectivity index (χ2n) is 9.76. The number of methoxy groups -OCH3 is 2. The molecule has 1 aliphatic rings. The molecule has 0 N–H and O–H groups in total. The van der Waals surface area contributed by atoms with Crippen LogP contribution in [0, 0.1) is 6.92 Å². The summed E-state index contributed by atoms with van der Waals surface area (Å²) in [5.74, 6) is 2.62. The number of ether oxygens (including phenoxy) is 2. The number of rotatable bonds is 5. The van der Waals surface area contributed by atoms with Crippen LogP contribution in [0.5, 0.6) is 11.5 Å². The van der Waals surface area contributed by atoms with Gasteiger partial charge in [0.15, 0.2) is 11.5 Å². The summed E-state index contributed by atoms with van der Waals surface area (Å²) in [5.41, 5.74) is 3.35. The summed E-state index contributed by atoms with van der Waals surface area (Å²) in [7, 11) is 3.19. The molecule has 0 bridgehead atoms. The number of hydrogen-bond donors (Lipinski definition) is 0. The molecule has 0 amide bonds. The van der Waals surface area contributed by atoms with Crippen molar-refractivity contribution in [2.45, 2.75) is 25.8 Å². The van der Waals surface area contributed by atoms with Crippen molar-refractivity contribution in [1.29, 1.82) is 0 Å². The lowest BCUT2D eigenvalue weighted by Crippen LogP contribution is -2.39. The highest BCUT2D eigenvalue weighted by molar-refractivity contribution is 6.28. The Bertz CT molecular complexity index is 1750. The Morgan fingerprint density at radius 2 is 1.56 bits per heavy atom. The van der Waals surface area contributed by atoms with Crippen molar-refractivity contribution in [3.8, 4) is 22.9 Å². The first-order valence-corrected chi connectivity index (χ1v) is 13.3. The minimum Gasteiger partial charge on any atom is -0.493 e. The Morgan fingerprint density at radius 1 is 0.846 bits per heavy atom. The molecule has 0 unspecified atom stereocenters. The lowest BCUT2D eigenvalue weighted by atomic mass is 10.0. The second kappa shape index (κ2) is 10.2. The second-order valence-corrected chi connectivity index (χ2v) is 10.1. The van der Waals surface area contributed by atoms with Crippen molar-refractivity contribution < 1.29 is 9.47 Å². The molecule has 3 heterocycles. The van der Waals surface area contributed by atoms with Gasteiger partial charge in [0.05, 0.1) is 30.6 Å². The molecule has 0 spiro atoms. The van der Waals surface area contributed by atoms with Crippen LogP contribution in [0.1, 0.15) is 24.4 Å². The molecule has 2 aromatic heterocycles. The first-order chi connectivity index (χ1) is 19.0. The van der Waals surface area contributed by atoms with E-state index in [-0.39, 0.29) is 16.9 Å². The van der Waals surface area contributed by atoms with Gasteiger partial charge in [-0.3, -0.25) is 9.36 Å². The van der Waals surface area contributed by atoms with Gasteiger partial charge in [-0.25, -0.2) is 9.97 Å². The first kappa shape index (κ1) is 25.1. The standard InChI is InChI=1S/C30H28ClN5O3/c1-18-9-10-23-22(15-18)29(37)36(27(32-23)19-7-5-4-6-8-19)20-11-13-35(14-12-20)28-21-16-25(38-2)26(39-3)17-24(21)33-30(31)34-28/h4-10,15-17,20H,11-14H2,1-3H3. The Morgan fingerprint density at radius 3 is 2.28 bits per heavy atom. The zero-order chi connectivity index (χ0) is 27.1. The van der Waals surface area contributed by atoms with Crippen LogP contribution >= 0.6 is 11.6 Å². The molecule has 1 aliphatic heterocycles. The van der Waals surface area contributed by atoms with Gasteiger partial charge in [0.2, 0.25) is 5.28 Å². The lowest BCUT2D eigenvalue weighted by molar-refractivity contribution is 0.355. The number of benzene rings is 3. The quantitative estimate of drug-likeness (QED) is 0.259. The molecule has 5 aromatic rings. The number of aromatic nitrogens is 4. The normalized spacial score (nSPS) is 14.2. The smallest absolute Gasteiger partial charge is 0.261 e. The Kier molecular flexibility index (Phi) is 6.56. The maximum absolute atomic E-state index is 13.9. The number of anilines is 1. The highest BCUT2D eigenvalue weighted by Gasteiger charge is 2.27. The molecule has 198 valence electrons. The van der Waals surface area contributed by atoms with Crippen molar-refractivity contribution in [2.24, 2.45) is 0 Å². The molecule has 0 atom stereocenters. The van der Waals surface area contributed by atoms with Crippen molar-refractivity contribution >= 4 is 39.2 Å². The summed E-state index contributed by atoms with van der Waals surface area (Å²) in [6, 6.07) is 19.5. The van der Waals surface area contributed by atoms with Gasteiger partial charge >= 0.3 is 0 Å². The largest absolute Gasteiger partial charge is 0.493 e. The molecule has 9 heteroatoms. The van der Waals surface area contributed by atoms with Gasteiger partial charge < -0.3 is 14.4 Å². The fourth-order valence-electron chi connectivity index (χ4n) is 5.43. The van der Waals surface area contributed by atoms with Crippen molar-refractivity contribution in [1.82, 2.24) is 19.5 Å². The molecule has 0 saturated carbocycles. The molecule has 6 rings (SSSR count). The number of fused-ring (bicyclic) bond motifs is 2. The minimum absolute atomic E-state index is 0.00614. The van der Waals surface area contributed by atoms with E-state index in [0.717, 1.165) is 35.2 Å². The van der Waals surface area contributed by atoms with Gasteiger partial charge in [0.25, 0.3) is 5.56 Å². The molecule has 0 aliphatic carbocycles. The third kappa shape index (κ3) is 4.55. The van der Waals surface area contributed by atoms with E-state index in [9.17, 15) is 4.79 Å². The topological polar surface area (TPSA) is 82.4 Å². The summed E-state index contributed by atoms with van der Waals surface area (Å²) in [5, 5.41) is 1.65. The minimum atomic E-state index is -0.0143. The van der Waals surface area contributed by atoms with E-state index in [1.54, 1.807) is 14.2 Å². The summed E-state index contributed by atoms with van der Waals surface area (Å²) < 4.78 is 12.9. The van der Waals surface area contributed by atoms with E-state index in [1.165, 1.54) is 0 Å². The monoisotopic (exact) mass is 541 g/mol. The van der Waals surface area contributed by atoms with Gasteiger partial charge in [-0.1, -0.05) is 42.0 Å². The van der Waals surface area contributed by atoms with Crippen LogP contribution in [-0.4, -0.2) is 46.8 Å². The number of piperidine rings is 1. The van der Waals surface area contributed by atoms with Crippen LogP contribution in [0.3, 0.4) is 0 Å². The zero-order valence-corrected chi connectivity index (χ0v) is 22.8. The van der Waals surface area contributed by atoms with Gasteiger partial charge in [-0.15, -0.1) is 0 Å². The average molecular weight is 542 g/mol. The molecular weight excluding hydrogens is 514 g/mol. The van der Waals surface area contributed by atoms with E-state index in [2.05, 4.69) is 14.9 Å². The molecule has 39 heavy (non-hydrogen) atoms. The molecule has 3 aromatic carbocycles. The van der Waals surface area contributed by atoms with Crippen LogP contribution in [0.25, 0.3) is 33.2 Å². The Hall–Kier alpha value is -4.17. The van der Waals surface area contributed by atoms with Gasteiger partial charge in [-0.05, 0) is 49.6 Å². The maximum atomic E-state index is 13.9. The number of aryl methyl sites for hydroxylation is 1. The van der Waals surface area contributed by atoms with E-state index in [0.29, 0.717) is 46.8 Å². The van der Waals surface area contributed by atoms with Crippen LogP contribution in [0.15, 0.2) is 65.5 Å². The molecule has 1 fully saturated rings. The van der Waals surface area contributed by atoms with Crippen LogP contribution < -0.4 is 19.9 Å². The zero-order valence-electron chi connectivity index (χ0n) is 22.0. The summed E-state index contributed by atoms with van der Waals surface area (Å²) in [4.78, 5) is 30.1. The third-order valence-electron chi connectivity index (χ3n) is 7.37. The van der Waals surface area contributed by atoms with Gasteiger partial charge in [0, 0.05) is 36.1 Å². The van der Waals surface area contributed by atoms with Gasteiger partial charge in [-0.2, -0.15) is 4.98 Å². The van der Waals surface area contributed by atoms with E-state index in [1.807, 2.05) is 72.2 Å². The predicted octanol–water partition coefficient (Wildman–Crippen LogP) is 5.83. The number of nitrogens with zero attached hydrogens (tertiary/aromatic N) is 5. The van der Waals surface area contributed by atoms with E-state index >= 15 is 0 Å². The van der Waals surface area contributed by atoms with Crippen molar-refractivity contribution in [3.05, 3.63) is 81.9 Å². The van der Waals surface area contributed by atoms with Crippen molar-refractivity contribution in [3.63, 3.8) is 0 Å². The van der Waals surface area contributed by atoms with Crippen LogP contribution in [0.2, 0.25) is 5.28 Å². The van der Waals surface area contributed by atoms with Gasteiger partial charge in [0.1, 0.15) is 11.6 Å². The average Bonchev–Trinajstić information content (AvgIpc) is 2.97.